The molecule has 6 aromatic rings. The second-order valence-corrected chi connectivity index (χ2v) is 36.8. The number of aryl methyl sites for hydroxylation is 1. The van der Waals surface area contributed by atoms with E-state index in [2.05, 4.69) is 175 Å². The van der Waals surface area contributed by atoms with E-state index in [9.17, 15) is 0 Å². The standard InChI is InChI=1S/C25H31Si.C20H23Si.C2H6Si.2ClH.Zr/c1-18-8-10-19(11-9-18)22-16-21-6-5-7-24(25(21)17-22)20-12-14-23(15-13-20)26(2,3)4;1-5-15-13-17-7-6-8-19(20(17)14-15)16-9-11-18(12-10-16)21(2,3)4;1-3-2;;;/h5-7,12-19H,8-11H2,1-4H3;6-14H,5H2,1-4H3;1-2H3;2*1H;/q2*-1;;;;+2/p-2. The molecule has 6 aromatic carbocycles. The third-order valence-corrected chi connectivity index (χ3v) is 14.7. The van der Waals surface area contributed by atoms with Crippen LogP contribution in [0.15, 0.2) is 109 Å². The summed E-state index contributed by atoms with van der Waals surface area (Å²) in [5.74, 6) is 1.68. The zero-order valence-corrected chi connectivity index (χ0v) is 40.8. The van der Waals surface area contributed by atoms with Crippen LogP contribution in [0.1, 0.15) is 56.6 Å². The number of benzene rings is 4. The third-order valence-electron chi connectivity index (χ3n) is 10.6. The summed E-state index contributed by atoms with van der Waals surface area (Å²) in [5.41, 5.74) is 8.63. The largest absolute Gasteiger partial charge is 1.00 e. The summed E-state index contributed by atoms with van der Waals surface area (Å²) in [6.45, 7) is 23.7. The average molecular weight is 871 g/mol. The summed E-state index contributed by atoms with van der Waals surface area (Å²) in [6.07, 6.45) is 6.59. The minimum absolute atomic E-state index is 0. The Kier molecular flexibility index (Phi) is 17.1. The van der Waals surface area contributed by atoms with Crippen LogP contribution in [0.4, 0.5) is 0 Å². The molecule has 0 N–H and O–H groups in total. The Hall–Kier alpha value is -1.79. The number of halogens is 2. The van der Waals surface area contributed by atoms with Crippen molar-refractivity contribution in [2.45, 2.75) is 104 Å². The third kappa shape index (κ3) is 12.1. The van der Waals surface area contributed by atoms with Crippen molar-refractivity contribution in [1.29, 1.82) is 0 Å². The fourth-order valence-corrected chi connectivity index (χ4v) is 9.72. The van der Waals surface area contributed by atoms with E-state index in [0.717, 1.165) is 18.3 Å². The molecule has 0 radical (unpaired) electrons. The second kappa shape index (κ2) is 19.9. The van der Waals surface area contributed by atoms with E-state index in [1.165, 1.54) is 85.4 Å². The summed E-state index contributed by atoms with van der Waals surface area (Å²) in [4.78, 5) is 0. The minimum Gasteiger partial charge on any atom is -1.00 e. The molecule has 53 heavy (non-hydrogen) atoms. The van der Waals surface area contributed by atoms with Gasteiger partial charge in [-0.2, -0.15) is 12.1 Å². The van der Waals surface area contributed by atoms with Crippen molar-refractivity contribution in [3.63, 3.8) is 0 Å². The molecule has 0 amide bonds. The monoisotopic (exact) mass is 868 g/mol. The van der Waals surface area contributed by atoms with Gasteiger partial charge in [0.15, 0.2) is 0 Å². The van der Waals surface area contributed by atoms with Gasteiger partial charge in [-0.25, -0.2) is 0 Å². The van der Waals surface area contributed by atoms with Gasteiger partial charge in [-0.15, -0.1) is 69.1 Å². The van der Waals surface area contributed by atoms with Crippen molar-refractivity contribution < 1.29 is 48.1 Å². The van der Waals surface area contributed by atoms with Crippen LogP contribution in [0.5, 0.6) is 0 Å². The molecule has 1 saturated carbocycles. The number of fused-ring (bicyclic) bond motifs is 2. The molecule has 0 spiro atoms. The quantitative estimate of drug-likeness (QED) is 0.123. The predicted molar refractivity (Wildman–Crippen MR) is 233 cm³/mol. The van der Waals surface area contributed by atoms with Crippen LogP contribution < -0.4 is 35.2 Å². The number of hydrogen-bond acceptors (Lipinski definition) is 0. The van der Waals surface area contributed by atoms with Crippen LogP contribution in [-0.4, -0.2) is 21.6 Å². The van der Waals surface area contributed by atoms with E-state index in [1.807, 2.05) is 0 Å². The molecule has 280 valence electrons. The maximum atomic E-state index is 2.48. The van der Waals surface area contributed by atoms with Crippen molar-refractivity contribution in [3.8, 4) is 22.3 Å². The van der Waals surface area contributed by atoms with Crippen molar-refractivity contribution in [2.24, 2.45) is 5.92 Å². The summed E-state index contributed by atoms with van der Waals surface area (Å²) in [7, 11) is -2.45. The zero-order chi connectivity index (χ0) is 36.9. The van der Waals surface area contributed by atoms with Gasteiger partial charge in [-0.3, -0.25) is 0 Å². The molecule has 6 heteroatoms. The summed E-state index contributed by atoms with van der Waals surface area (Å²) < 4.78 is 0. The predicted octanol–water partition coefficient (Wildman–Crippen LogP) is 7.19. The van der Waals surface area contributed by atoms with Gasteiger partial charge in [0.2, 0.25) is 0 Å². The molecule has 1 aliphatic rings. The molecule has 1 fully saturated rings. The first kappa shape index (κ1) is 45.6. The zero-order valence-electron chi connectivity index (χ0n) is 33.8. The first-order valence-electron chi connectivity index (χ1n) is 19.2. The SMILES string of the molecule is CC1CCC(c2cc3c(-c4ccc([Si](C)(C)C)cc4)cccc3[cH-]2)CC1.CCc1cc2c(-c3ccc([Si](C)(C)C)cc3)cccc2[cH-]1.C[Si](C)=[Zr+2].[Cl-].[Cl-]. The Balaban J connectivity index is 0.000000255. The van der Waals surface area contributed by atoms with Crippen LogP contribution >= 0.6 is 0 Å². The Morgan fingerprint density at radius 3 is 1.45 bits per heavy atom. The van der Waals surface area contributed by atoms with E-state index in [-0.39, 0.29) is 30.2 Å². The number of hydrogen-bond donors (Lipinski definition) is 0. The van der Waals surface area contributed by atoms with Crippen LogP contribution in [0, 0.1) is 5.92 Å². The van der Waals surface area contributed by atoms with E-state index in [4.69, 9.17) is 0 Å². The van der Waals surface area contributed by atoms with Crippen LogP contribution in [0.25, 0.3) is 43.8 Å². The van der Waals surface area contributed by atoms with Crippen LogP contribution in [-0.2, 0) is 29.8 Å². The Bertz CT molecular complexity index is 2050. The van der Waals surface area contributed by atoms with Gasteiger partial charge in [0.25, 0.3) is 0 Å². The van der Waals surface area contributed by atoms with E-state index in [1.54, 1.807) is 28.9 Å². The summed E-state index contributed by atoms with van der Waals surface area (Å²) >= 11 is 1.74. The van der Waals surface area contributed by atoms with Gasteiger partial charge in [0.1, 0.15) is 0 Å². The van der Waals surface area contributed by atoms with Gasteiger partial charge in [0, 0.05) is 0 Å². The topological polar surface area (TPSA) is 0 Å². The Morgan fingerprint density at radius 1 is 0.623 bits per heavy atom. The molecule has 0 nitrogen and oxygen atoms in total. The molecule has 0 heterocycles. The van der Waals surface area contributed by atoms with Gasteiger partial charge in [0.05, 0.1) is 16.1 Å². The van der Waals surface area contributed by atoms with Crippen molar-refractivity contribution in [3.05, 3.63) is 120 Å². The van der Waals surface area contributed by atoms with Crippen LogP contribution in [0.2, 0.25) is 52.4 Å². The smallest absolute Gasteiger partial charge is 1.00 e. The second-order valence-electron chi connectivity index (χ2n) is 17.2. The molecule has 0 atom stereocenters. The maximum absolute atomic E-state index is 2.48. The van der Waals surface area contributed by atoms with E-state index in [0.29, 0.717) is 0 Å². The molecule has 0 aliphatic heterocycles. The van der Waals surface area contributed by atoms with Crippen molar-refractivity contribution in [1.82, 2.24) is 0 Å². The van der Waals surface area contributed by atoms with Crippen molar-refractivity contribution >= 4 is 53.5 Å². The normalized spacial score (nSPS) is 15.7. The van der Waals surface area contributed by atoms with Crippen molar-refractivity contribution in [2.75, 3.05) is 0 Å². The maximum Gasteiger partial charge on any atom is -1.00 e. The van der Waals surface area contributed by atoms with Crippen LogP contribution in [0.3, 0.4) is 0 Å². The Labute approximate surface area is 351 Å². The molecule has 1 aliphatic carbocycles. The minimum atomic E-state index is -1.24. The first-order valence-corrected chi connectivity index (χ1v) is 32.4. The average Bonchev–Trinajstić information content (AvgIpc) is 3.73. The molecule has 0 saturated heterocycles. The van der Waals surface area contributed by atoms with Gasteiger partial charge < -0.3 is 24.8 Å². The molecule has 0 aromatic heterocycles. The molecular formula is C47H60Cl2Si3Zr-2. The summed E-state index contributed by atoms with van der Waals surface area (Å²) in [6, 6.07) is 41.6. The van der Waals surface area contributed by atoms with E-state index < -0.39 is 16.1 Å². The number of rotatable bonds is 6. The molecule has 7 rings (SSSR count). The van der Waals surface area contributed by atoms with Gasteiger partial charge in [-0.05, 0) is 42.2 Å². The fraction of sp³-hybridized carbons (Fsp3) is 0.362. The molecule has 0 bridgehead atoms. The van der Waals surface area contributed by atoms with E-state index >= 15 is 0 Å². The molecular weight excluding hydrogens is 811 g/mol. The molecule has 0 unspecified atom stereocenters. The summed E-state index contributed by atoms with van der Waals surface area (Å²) in [5, 5.41) is 8.64. The Morgan fingerprint density at radius 2 is 1.04 bits per heavy atom. The fourth-order valence-electron chi connectivity index (χ4n) is 7.39. The van der Waals surface area contributed by atoms with Gasteiger partial charge >= 0.3 is 41.9 Å². The first-order chi connectivity index (χ1) is 24.1. The van der Waals surface area contributed by atoms with Gasteiger partial charge in [-0.1, -0.05) is 148 Å².